The quantitative estimate of drug-likeness (QED) is 0.746. The third-order valence-corrected chi connectivity index (χ3v) is 4.25. The van der Waals surface area contributed by atoms with E-state index in [1.54, 1.807) is 7.11 Å². The largest absolute Gasteiger partial charge is 0.490 e. The normalized spacial score (nSPS) is 15.7. The van der Waals surface area contributed by atoms with Crippen molar-refractivity contribution in [1.29, 1.82) is 0 Å². The van der Waals surface area contributed by atoms with Gasteiger partial charge in [-0.1, -0.05) is 19.1 Å². The Labute approximate surface area is 139 Å². The number of rotatable bonds is 8. The van der Waals surface area contributed by atoms with Gasteiger partial charge >= 0.3 is 0 Å². The molecule has 1 aromatic carbocycles. The van der Waals surface area contributed by atoms with Crippen LogP contribution in [-0.4, -0.2) is 57.3 Å². The fourth-order valence-corrected chi connectivity index (χ4v) is 2.86. The number of carbonyl (C=O) groups excluding carboxylic acids is 1. The minimum atomic E-state index is 0.0694. The summed E-state index contributed by atoms with van der Waals surface area (Å²) in [6.07, 6.45) is 2.12. The zero-order valence-electron chi connectivity index (χ0n) is 14.2. The average molecular weight is 320 g/mol. The first kappa shape index (κ1) is 17.8. The lowest BCUT2D eigenvalue weighted by Gasteiger charge is -2.32. The summed E-state index contributed by atoms with van der Waals surface area (Å²) in [5.41, 5.74) is 0.647. The van der Waals surface area contributed by atoms with E-state index in [9.17, 15) is 4.79 Å². The smallest absolute Gasteiger partial charge is 0.257 e. The Hall–Kier alpha value is -1.59. The summed E-state index contributed by atoms with van der Waals surface area (Å²) >= 11 is 0. The highest BCUT2D eigenvalue weighted by molar-refractivity contribution is 5.97. The molecule has 128 valence electrons. The number of hydrogen-bond donors (Lipinski definition) is 1. The van der Waals surface area contributed by atoms with Crippen LogP contribution in [0.2, 0.25) is 0 Å². The molecular formula is C18H28N2O3. The average Bonchev–Trinajstić information content (AvgIpc) is 2.60. The molecule has 5 heteroatoms. The van der Waals surface area contributed by atoms with Gasteiger partial charge in [0, 0.05) is 20.2 Å². The van der Waals surface area contributed by atoms with Gasteiger partial charge in [-0.25, -0.2) is 0 Å². The summed E-state index contributed by atoms with van der Waals surface area (Å²) < 4.78 is 10.7. The molecule has 2 rings (SSSR count). The maximum atomic E-state index is 12.8. The van der Waals surface area contributed by atoms with E-state index < -0.39 is 0 Å². The van der Waals surface area contributed by atoms with Gasteiger partial charge < -0.3 is 19.7 Å². The summed E-state index contributed by atoms with van der Waals surface area (Å²) in [7, 11) is 1.64. The number of piperidine rings is 1. The zero-order chi connectivity index (χ0) is 16.5. The zero-order valence-corrected chi connectivity index (χ0v) is 14.2. The number of carbonyl (C=O) groups is 1. The molecule has 0 aromatic heterocycles. The Morgan fingerprint density at radius 3 is 2.70 bits per heavy atom. The molecule has 0 unspecified atom stereocenters. The van der Waals surface area contributed by atoms with Gasteiger partial charge in [0.1, 0.15) is 12.4 Å². The molecule has 5 nitrogen and oxygen atoms in total. The van der Waals surface area contributed by atoms with E-state index in [1.165, 1.54) is 0 Å². The molecule has 0 atom stereocenters. The maximum Gasteiger partial charge on any atom is 0.257 e. The molecule has 1 saturated heterocycles. The SMILES string of the molecule is CCNCC1CCN(C(=O)c2ccccc2OCCOC)CC1. The maximum absolute atomic E-state index is 12.8. The van der Waals surface area contributed by atoms with Gasteiger partial charge in [0.2, 0.25) is 0 Å². The molecule has 1 amide bonds. The summed E-state index contributed by atoms with van der Waals surface area (Å²) in [5, 5.41) is 3.40. The highest BCUT2D eigenvalue weighted by Crippen LogP contribution is 2.23. The van der Waals surface area contributed by atoms with E-state index in [2.05, 4.69) is 12.2 Å². The first-order valence-corrected chi connectivity index (χ1v) is 8.47. The Balaban J connectivity index is 1.93. The molecule has 1 aliphatic rings. The predicted molar refractivity (Wildman–Crippen MR) is 91.0 cm³/mol. The number of amides is 1. The summed E-state index contributed by atoms with van der Waals surface area (Å²) in [6, 6.07) is 7.46. The number of benzene rings is 1. The molecule has 1 fully saturated rings. The number of nitrogens with one attached hydrogen (secondary N) is 1. The van der Waals surface area contributed by atoms with Crippen molar-refractivity contribution in [2.24, 2.45) is 5.92 Å². The second-order valence-corrected chi connectivity index (χ2v) is 5.88. The van der Waals surface area contributed by atoms with Crippen molar-refractivity contribution in [3.05, 3.63) is 29.8 Å². The summed E-state index contributed by atoms with van der Waals surface area (Å²) in [6.45, 7) is 6.78. The molecule has 0 saturated carbocycles. The summed E-state index contributed by atoms with van der Waals surface area (Å²) in [5.74, 6) is 1.39. The Kier molecular flexibility index (Phi) is 7.36. The van der Waals surface area contributed by atoms with Crippen molar-refractivity contribution >= 4 is 5.91 Å². The standard InChI is InChI=1S/C18H28N2O3/c1-3-19-14-15-8-10-20(11-9-15)18(21)16-6-4-5-7-17(16)23-13-12-22-2/h4-7,15,19H,3,8-14H2,1-2H3. The van der Waals surface area contributed by atoms with Gasteiger partial charge in [0.15, 0.2) is 0 Å². The van der Waals surface area contributed by atoms with E-state index in [0.717, 1.165) is 39.0 Å². The lowest BCUT2D eigenvalue weighted by atomic mass is 9.96. The van der Waals surface area contributed by atoms with E-state index >= 15 is 0 Å². The first-order chi connectivity index (χ1) is 11.3. The summed E-state index contributed by atoms with van der Waals surface area (Å²) in [4.78, 5) is 14.7. The van der Waals surface area contributed by atoms with Crippen molar-refractivity contribution < 1.29 is 14.3 Å². The van der Waals surface area contributed by atoms with Crippen LogP contribution in [0, 0.1) is 5.92 Å². The van der Waals surface area contributed by atoms with E-state index in [4.69, 9.17) is 9.47 Å². The van der Waals surface area contributed by atoms with Crippen molar-refractivity contribution in [3.63, 3.8) is 0 Å². The second-order valence-electron chi connectivity index (χ2n) is 5.88. The van der Waals surface area contributed by atoms with E-state index in [1.807, 2.05) is 29.2 Å². The van der Waals surface area contributed by atoms with Crippen LogP contribution in [0.25, 0.3) is 0 Å². The Bertz CT molecular complexity index is 485. The molecule has 1 heterocycles. The number of methoxy groups -OCH3 is 1. The first-order valence-electron chi connectivity index (χ1n) is 8.47. The Morgan fingerprint density at radius 2 is 2.00 bits per heavy atom. The topological polar surface area (TPSA) is 50.8 Å². The monoisotopic (exact) mass is 320 g/mol. The highest BCUT2D eigenvalue weighted by atomic mass is 16.5. The van der Waals surface area contributed by atoms with E-state index in [0.29, 0.717) is 30.4 Å². The third kappa shape index (κ3) is 5.22. The predicted octanol–water partition coefficient (Wildman–Crippen LogP) is 2.17. The van der Waals surface area contributed by atoms with Gasteiger partial charge in [-0.05, 0) is 44.0 Å². The minimum absolute atomic E-state index is 0.0694. The molecule has 1 aromatic rings. The minimum Gasteiger partial charge on any atom is -0.490 e. The highest BCUT2D eigenvalue weighted by Gasteiger charge is 2.25. The van der Waals surface area contributed by atoms with Crippen LogP contribution in [0.5, 0.6) is 5.75 Å². The lowest BCUT2D eigenvalue weighted by Crippen LogP contribution is -2.40. The van der Waals surface area contributed by atoms with Crippen LogP contribution in [0.1, 0.15) is 30.1 Å². The molecule has 0 radical (unpaired) electrons. The van der Waals surface area contributed by atoms with Gasteiger partial charge in [-0.2, -0.15) is 0 Å². The van der Waals surface area contributed by atoms with Gasteiger partial charge in [-0.15, -0.1) is 0 Å². The van der Waals surface area contributed by atoms with Gasteiger partial charge in [-0.3, -0.25) is 4.79 Å². The van der Waals surface area contributed by atoms with Crippen LogP contribution in [-0.2, 0) is 4.74 Å². The molecule has 0 spiro atoms. The number of likely N-dealkylation sites (tertiary alicyclic amines) is 1. The van der Waals surface area contributed by atoms with Gasteiger partial charge in [0.05, 0.1) is 12.2 Å². The Morgan fingerprint density at radius 1 is 1.26 bits per heavy atom. The molecular weight excluding hydrogens is 292 g/mol. The molecule has 0 aliphatic carbocycles. The van der Waals surface area contributed by atoms with E-state index in [-0.39, 0.29) is 5.91 Å². The number of ether oxygens (including phenoxy) is 2. The van der Waals surface area contributed by atoms with Gasteiger partial charge in [0.25, 0.3) is 5.91 Å². The fraction of sp³-hybridized carbons (Fsp3) is 0.611. The molecule has 0 bridgehead atoms. The number of hydrogen-bond acceptors (Lipinski definition) is 4. The number of para-hydroxylation sites is 1. The van der Waals surface area contributed by atoms with Crippen molar-refractivity contribution in [2.45, 2.75) is 19.8 Å². The van der Waals surface area contributed by atoms with Crippen molar-refractivity contribution in [3.8, 4) is 5.75 Å². The molecule has 1 aliphatic heterocycles. The lowest BCUT2D eigenvalue weighted by molar-refractivity contribution is 0.0683. The van der Waals surface area contributed by atoms with Crippen LogP contribution < -0.4 is 10.1 Å². The van der Waals surface area contributed by atoms with Crippen molar-refractivity contribution in [1.82, 2.24) is 10.2 Å². The van der Waals surface area contributed by atoms with Crippen molar-refractivity contribution in [2.75, 3.05) is 46.5 Å². The fourth-order valence-electron chi connectivity index (χ4n) is 2.86. The van der Waals surface area contributed by atoms with Crippen LogP contribution in [0.15, 0.2) is 24.3 Å². The van der Waals surface area contributed by atoms with Crippen LogP contribution >= 0.6 is 0 Å². The van der Waals surface area contributed by atoms with Crippen LogP contribution in [0.3, 0.4) is 0 Å². The number of nitrogens with zero attached hydrogens (tertiary/aromatic N) is 1. The third-order valence-electron chi connectivity index (χ3n) is 4.25. The van der Waals surface area contributed by atoms with Crippen LogP contribution in [0.4, 0.5) is 0 Å². The molecule has 1 N–H and O–H groups in total. The second kappa shape index (κ2) is 9.53. The molecule has 23 heavy (non-hydrogen) atoms.